The number of benzene rings is 2. The van der Waals surface area contributed by atoms with Gasteiger partial charge >= 0.3 is 0 Å². The van der Waals surface area contributed by atoms with Crippen molar-refractivity contribution >= 4 is 11.8 Å². The molecule has 2 aromatic carbocycles. The number of para-hydroxylation sites is 1. The van der Waals surface area contributed by atoms with Gasteiger partial charge in [-0.3, -0.25) is 0 Å². The van der Waals surface area contributed by atoms with E-state index in [4.69, 9.17) is 9.47 Å². The Morgan fingerprint density at radius 1 is 0.957 bits per heavy atom. The number of likely N-dealkylation sites (N-methyl/N-ethyl adjacent to an activating group) is 1. The standard InChI is InChI=1S/C19H21NO3/c1-20(13-7-5-4-6-8-13)15-10-9-14-16(22-2)11-12-17(23-3)18(14)19(15)21/h4-12,15,19,21H,1-3H3/t15-,19+/m1/s1. The van der Waals surface area contributed by atoms with Gasteiger partial charge in [-0.15, -0.1) is 0 Å². The van der Waals surface area contributed by atoms with Crippen LogP contribution in [0.3, 0.4) is 0 Å². The fourth-order valence-corrected chi connectivity index (χ4v) is 3.08. The Bertz CT molecular complexity index is 712. The van der Waals surface area contributed by atoms with Gasteiger partial charge in [0.2, 0.25) is 0 Å². The normalized spacial score (nSPS) is 19.1. The fraction of sp³-hybridized carbons (Fsp3) is 0.263. The number of aliphatic hydroxyl groups excluding tert-OH is 1. The van der Waals surface area contributed by atoms with Crippen LogP contribution in [-0.4, -0.2) is 32.4 Å². The summed E-state index contributed by atoms with van der Waals surface area (Å²) in [6.45, 7) is 0. The lowest BCUT2D eigenvalue weighted by Gasteiger charge is -2.35. The van der Waals surface area contributed by atoms with Crippen LogP contribution in [0.5, 0.6) is 11.5 Å². The molecule has 0 spiro atoms. The van der Waals surface area contributed by atoms with Crippen LogP contribution in [0.15, 0.2) is 48.5 Å². The zero-order valence-corrected chi connectivity index (χ0v) is 13.6. The van der Waals surface area contributed by atoms with E-state index in [0.717, 1.165) is 22.6 Å². The maximum Gasteiger partial charge on any atom is 0.126 e. The number of hydrogen-bond acceptors (Lipinski definition) is 4. The molecule has 0 saturated carbocycles. The van der Waals surface area contributed by atoms with Crippen LogP contribution in [0.4, 0.5) is 5.69 Å². The van der Waals surface area contributed by atoms with Crippen molar-refractivity contribution in [1.29, 1.82) is 0 Å². The lowest BCUT2D eigenvalue weighted by molar-refractivity contribution is 0.155. The number of nitrogens with zero attached hydrogens (tertiary/aromatic N) is 1. The predicted molar refractivity (Wildman–Crippen MR) is 92.2 cm³/mol. The highest BCUT2D eigenvalue weighted by atomic mass is 16.5. The molecule has 0 bridgehead atoms. The van der Waals surface area contributed by atoms with Crippen molar-refractivity contribution in [3.63, 3.8) is 0 Å². The third kappa shape index (κ3) is 2.66. The summed E-state index contributed by atoms with van der Waals surface area (Å²) in [5, 5.41) is 11.0. The van der Waals surface area contributed by atoms with Crippen molar-refractivity contribution in [3.8, 4) is 11.5 Å². The van der Waals surface area contributed by atoms with Crippen LogP contribution in [0, 0.1) is 0 Å². The molecule has 2 atom stereocenters. The molecular weight excluding hydrogens is 290 g/mol. The first-order valence-corrected chi connectivity index (χ1v) is 7.56. The van der Waals surface area contributed by atoms with Crippen molar-refractivity contribution < 1.29 is 14.6 Å². The van der Waals surface area contributed by atoms with Crippen molar-refractivity contribution in [2.75, 3.05) is 26.2 Å². The van der Waals surface area contributed by atoms with E-state index < -0.39 is 6.10 Å². The van der Waals surface area contributed by atoms with Gasteiger partial charge in [0.15, 0.2) is 0 Å². The summed E-state index contributed by atoms with van der Waals surface area (Å²) >= 11 is 0. The van der Waals surface area contributed by atoms with Crippen LogP contribution in [-0.2, 0) is 0 Å². The number of fused-ring (bicyclic) bond motifs is 1. The molecule has 2 aromatic rings. The van der Waals surface area contributed by atoms with E-state index in [1.807, 2.05) is 61.7 Å². The summed E-state index contributed by atoms with van der Waals surface area (Å²) in [5.41, 5.74) is 2.69. The lowest BCUT2D eigenvalue weighted by Crippen LogP contribution is -2.37. The number of hydrogen-bond donors (Lipinski definition) is 1. The molecule has 0 radical (unpaired) electrons. The maximum absolute atomic E-state index is 11.0. The number of methoxy groups -OCH3 is 2. The predicted octanol–water partition coefficient (Wildman–Crippen LogP) is 3.27. The highest BCUT2D eigenvalue weighted by molar-refractivity contribution is 5.70. The van der Waals surface area contributed by atoms with E-state index in [1.54, 1.807) is 14.2 Å². The van der Waals surface area contributed by atoms with Gasteiger partial charge in [-0.25, -0.2) is 0 Å². The number of ether oxygens (including phenoxy) is 2. The number of rotatable bonds is 4. The summed E-state index contributed by atoms with van der Waals surface area (Å²) in [6.07, 6.45) is 3.29. The summed E-state index contributed by atoms with van der Waals surface area (Å²) in [6, 6.07) is 13.5. The molecular formula is C19H21NO3. The first-order valence-electron chi connectivity index (χ1n) is 7.56. The van der Waals surface area contributed by atoms with E-state index in [0.29, 0.717) is 5.75 Å². The van der Waals surface area contributed by atoms with E-state index in [2.05, 4.69) is 4.90 Å². The third-order valence-corrected chi connectivity index (χ3v) is 4.34. The molecule has 0 heterocycles. The first kappa shape index (κ1) is 15.4. The van der Waals surface area contributed by atoms with Crippen molar-refractivity contribution in [2.45, 2.75) is 12.1 Å². The average Bonchev–Trinajstić information content (AvgIpc) is 2.61. The summed E-state index contributed by atoms with van der Waals surface area (Å²) in [5.74, 6) is 1.40. The second-order valence-electron chi connectivity index (χ2n) is 5.54. The quantitative estimate of drug-likeness (QED) is 0.941. The molecule has 1 N–H and O–H groups in total. The van der Waals surface area contributed by atoms with Gasteiger partial charge in [0.05, 0.1) is 20.3 Å². The molecule has 23 heavy (non-hydrogen) atoms. The van der Waals surface area contributed by atoms with Crippen LogP contribution in [0.2, 0.25) is 0 Å². The summed E-state index contributed by atoms with van der Waals surface area (Å²) in [4.78, 5) is 2.06. The highest BCUT2D eigenvalue weighted by Gasteiger charge is 2.32. The van der Waals surface area contributed by atoms with Crippen molar-refractivity contribution in [2.24, 2.45) is 0 Å². The Balaban J connectivity index is 2.02. The monoisotopic (exact) mass is 311 g/mol. The largest absolute Gasteiger partial charge is 0.496 e. The molecule has 4 nitrogen and oxygen atoms in total. The first-order chi connectivity index (χ1) is 11.2. The van der Waals surface area contributed by atoms with Crippen molar-refractivity contribution in [1.82, 2.24) is 0 Å². The van der Waals surface area contributed by atoms with Crippen LogP contribution in [0.1, 0.15) is 17.2 Å². The van der Waals surface area contributed by atoms with Gasteiger partial charge in [0.1, 0.15) is 17.6 Å². The van der Waals surface area contributed by atoms with Gasteiger partial charge in [0, 0.05) is 23.9 Å². The SMILES string of the molecule is COc1ccc(OC)c2c1C=C[C@@H](N(C)c1ccccc1)[C@@H]2O. The molecule has 0 aliphatic heterocycles. The molecule has 0 aromatic heterocycles. The van der Waals surface area contributed by atoms with E-state index in [-0.39, 0.29) is 6.04 Å². The third-order valence-electron chi connectivity index (χ3n) is 4.34. The Labute approximate surface area is 136 Å². The highest BCUT2D eigenvalue weighted by Crippen LogP contribution is 2.42. The molecule has 120 valence electrons. The summed E-state index contributed by atoms with van der Waals surface area (Å²) in [7, 11) is 5.22. The molecule has 0 fully saturated rings. The number of aliphatic hydroxyl groups is 1. The molecule has 1 aliphatic rings. The Kier molecular flexibility index (Phi) is 4.26. The Hall–Kier alpha value is -2.46. The molecule has 4 heteroatoms. The van der Waals surface area contributed by atoms with E-state index in [9.17, 15) is 5.11 Å². The smallest absolute Gasteiger partial charge is 0.126 e. The Morgan fingerprint density at radius 2 is 1.61 bits per heavy atom. The zero-order chi connectivity index (χ0) is 16.4. The van der Waals surface area contributed by atoms with Crippen molar-refractivity contribution in [3.05, 3.63) is 59.7 Å². The van der Waals surface area contributed by atoms with Gasteiger partial charge in [-0.2, -0.15) is 0 Å². The molecule has 0 saturated heterocycles. The summed E-state index contributed by atoms with van der Waals surface area (Å²) < 4.78 is 10.9. The Morgan fingerprint density at radius 3 is 2.26 bits per heavy atom. The average molecular weight is 311 g/mol. The second kappa shape index (κ2) is 6.34. The van der Waals surface area contributed by atoms with Crippen LogP contribution < -0.4 is 14.4 Å². The lowest BCUT2D eigenvalue weighted by atomic mass is 9.89. The minimum Gasteiger partial charge on any atom is -0.496 e. The minimum atomic E-state index is -0.703. The molecule has 0 amide bonds. The van der Waals surface area contributed by atoms with E-state index in [1.165, 1.54) is 0 Å². The molecule has 3 rings (SSSR count). The van der Waals surface area contributed by atoms with Gasteiger partial charge in [-0.05, 0) is 24.3 Å². The number of anilines is 1. The maximum atomic E-state index is 11.0. The minimum absolute atomic E-state index is 0.175. The van der Waals surface area contributed by atoms with Gasteiger partial charge in [-0.1, -0.05) is 30.4 Å². The van der Waals surface area contributed by atoms with Crippen LogP contribution >= 0.6 is 0 Å². The zero-order valence-electron chi connectivity index (χ0n) is 13.6. The van der Waals surface area contributed by atoms with Crippen LogP contribution in [0.25, 0.3) is 6.08 Å². The van der Waals surface area contributed by atoms with Gasteiger partial charge in [0.25, 0.3) is 0 Å². The molecule has 1 aliphatic carbocycles. The fourth-order valence-electron chi connectivity index (χ4n) is 3.08. The topological polar surface area (TPSA) is 41.9 Å². The van der Waals surface area contributed by atoms with E-state index >= 15 is 0 Å². The van der Waals surface area contributed by atoms with Gasteiger partial charge < -0.3 is 19.5 Å². The second-order valence-corrected chi connectivity index (χ2v) is 5.54. The molecule has 0 unspecified atom stereocenters.